The first kappa shape index (κ1) is 6.85. The molecule has 0 spiro atoms. The van der Waals surface area contributed by atoms with Crippen molar-refractivity contribution in [2.75, 3.05) is 0 Å². The van der Waals surface area contributed by atoms with Crippen LogP contribution in [-0.4, -0.2) is 0 Å². The fraction of sp³-hybridized carbons (Fsp3) is 0.778. The van der Waals surface area contributed by atoms with E-state index in [0.29, 0.717) is 5.41 Å². The second-order valence-electron chi connectivity index (χ2n) is 3.92. The molecule has 0 fully saturated rings. The third kappa shape index (κ3) is 1.85. The molecule has 0 saturated carbocycles. The largest absolute Gasteiger partial charge is 0.0851 e. The molecule has 0 aliphatic heterocycles. The van der Waals surface area contributed by atoms with Gasteiger partial charge in [-0.1, -0.05) is 25.5 Å². The molecule has 0 saturated heterocycles. The Morgan fingerprint density at radius 3 is 2.44 bits per heavy atom. The molecule has 0 N–H and O–H groups in total. The summed E-state index contributed by atoms with van der Waals surface area (Å²) in [7, 11) is 0. The zero-order valence-corrected chi connectivity index (χ0v) is 6.70. The van der Waals surface area contributed by atoms with E-state index in [0.717, 1.165) is 0 Å². The molecule has 9 heavy (non-hydrogen) atoms. The summed E-state index contributed by atoms with van der Waals surface area (Å²) in [5, 5.41) is 0. The van der Waals surface area contributed by atoms with Gasteiger partial charge in [-0.3, -0.25) is 0 Å². The van der Waals surface area contributed by atoms with Gasteiger partial charge in [0.05, 0.1) is 0 Å². The van der Waals surface area contributed by atoms with Gasteiger partial charge < -0.3 is 0 Å². The number of rotatable bonds is 0. The Hall–Kier alpha value is -0.260. The molecular weight excluding hydrogens is 108 g/mol. The van der Waals surface area contributed by atoms with Crippen molar-refractivity contribution >= 4 is 0 Å². The molecule has 0 radical (unpaired) electrons. The van der Waals surface area contributed by atoms with Crippen LogP contribution in [0.2, 0.25) is 0 Å². The number of hydrogen-bond acceptors (Lipinski definition) is 0. The molecule has 0 aromatic carbocycles. The minimum absolute atomic E-state index is 0.583. The monoisotopic (exact) mass is 124 g/mol. The quantitative estimate of drug-likeness (QED) is 0.435. The molecule has 0 aromatic rings. The van der Waals surface area contributed by atoms with Crippen LogP contribution in [0.15, 0.2) is 11.6 Å². The first-order valence-corrected chi connectivity index (χ1v) is 3.76. The molecule has 0 atom stereocenters. The van der Waals surface area contributed by atoms with E-state index in [9.17, 15) is 0 Å². The molecule has 0 heteroatoms. The Kier molecular flexibility index (Phi) is 1.65. The lowest BCUT2D eigenvalue weighted by Crippen LogP contribution is -2.13. The van der Waals surface area contributed by atoms with E-state index in [2.05, 4.69) is 26.8 Å². The van der Waals surface area contributed by atoms with Gasteiger partial charge in [0.25, 0.3) is 0 Å². The highest BCUT2D eigenvalue weighted by atomic mass is 14.2. The Bertz CT molecular complexity index is 129. The summed E-state index contributed by atoms with van der Waals surface area (Å²) in [5.74, 6) is 0. The average Bonchev–Trinajstić information content (AvgIpc) is 1.78. The molecule has 0 aromatic heterocycles. The minimum Gasteiger partial charge on any atom is -0.0851 e. The lowest BCUT2D eigenvalue weighted by Gasteiger charge is -2.27. The van der Waals surface area contributed by atoms with Gasteiger partial charge in [-0.2, -0.15) is 0 Å². The smallest absolute Gasteiger partial charge is 0.0296 e. The summed E-state index contributed by atoms with van der Waals surface area (Å²) in [4.78, 5) is 0. The molecule has 0 heterocycles. The predicted molar refractivity (Wildman–Crippen MR) is 41.4 cm³/mol. The molecule has 1 aliphatic rings. The van der Waals surface area contributed by atoms with E-state index in [4.69, 9.17) is 0 Å². The van der Waals surface area contributed by atoms with Crippen molar-refractivity contribution in [2.45, 2.75) is 40.0 Å². The first-order valence-electron chi connectivity index (χ1n) is 3.76. The lowest BCUT2D eigenvalue weighted by atomic mass is 9.79. The van der Waals surface area contributed by atoms with Crippen LogP contribution in [0.5, 0.6) is 0 Å². The fourth-order valence-electron chi connectivity index (χ4n) is 1.19. The van der Waals surface area contributed by atoms with Gasteiger partial charge in [0.15, 0.2) is 0 Å². The van der Waals surface area contributed by atoms with Gasteiger partial charge in [-0.15, -0.1) is 0 Å². The van der Waals surface area contributed by atoms with Gasteiger partial charge in [0.2, 0.25) is 0 Å². The summed E-state index contributed by atoms with van der Waals surface area (Å²) >= 11 is 0. The highest BCUT2D eigenvalue weighted by Crippen LogP contribution is 2.33. The molecule has 1 aliphatic carbocycles. The highest BCUT2D eigenvalue weighted by Gasteiger charge is 2.19. The first-order chi connectivity index (χ1) is 4.10. The van der Waals surface area contributed by atoms with Crippen LogP contribution in [0.3, 0.4) is 0 Å². The van der Waals surface area contributed by atoms with Crippen LogP contribution >= 0.6 is 0 Å². The highest BCUT2D eigenvalue weighted by molar-refractivity contribution is 5.04. The summed E-state index contributed by atoms with van der Waals surface area (Å²) < 4.78 is 0. The van der Waals surface area contributed by atoms with Crippen LogP contribution in [-0.2, 0) is 0 Å². The zero-order chi connectivity index (χ0) is 6.91. The van der Waals surface area contributed by atoms with E-state index < -0.39 is 0 Å². The van der Waals surface area contributed by atoms with Crippen LogP contribution in [0.4, 0.5) is 0 Å². The van der Waals surface area contributed by atoms with E-state index in [1.807, 2.05) is 0 Å². The van der Waals surface area contributed by atoms with Crippen LogP contribution in [0, 0.1) is 5.41 Å². The second kappa shape index (κ2) is 2.17. The topological polar surface area (TPSA) is 0 Å². The van der Waals surface area contributed by atoms with Gasteiger partial charge >= 0.3 is 0 Å². The lowest BCUT2D eigenvalue weighted by molar-refractivity contribution is 0.325. The maximum atomic E-state index is 2.38. The van der Waals surface area contributed by atoms with Crippen molar-refractivity contribution in [3.05, 3.63) is 11.6 Å². The number of hydrogen-bond donors (Lipinski definition) is 0. The number of allylic oxidation sites excluding steroid dienone is 2. The second-order valence-corrected chi connectivity index (χ2v) is 3.92. The SMILES string of the molecule is CC1=CCC(C)(C)CC1. The van der Waals surface area contributed by atoms with E-state index >= 15 is 0 Å². The maximum absolute atomic E-state index is 2.38. The Morgan fingerprint density at radius 2 is 2.11 bits per heavy atom. The van der Waals surface area contributed by atoms with Crippen molar-refractivity contribution in [3.63, 3.8) is 0 Å². The van der Waals surface area contributed by atoms with Crippen molar-refractivity contribution in [1.29, 1.82) is 0 Å². The Morgan fingerprint density at radius 1 is 1.44 bits per heavy atom. The normalized spacial score (nSPS) is 25.4. The molecular formula is C9H16. The Labute approximate surface area is 58.0 Å². The minimum atomic E-state index is 0.583. The summed E-state index contributed by atoms with van der Waals surface area (Å²) in [6.07, 6.45) is 6.34. The third-order valence-corrected chi connectivity index (χ3v) is 2.20. The third-order valence-electron chi connectivity index (χ3n) is 2.20. The van der Waals surface area contributed by atoms with Crippen molar-refractivity contribution in [1.82, 2.24) is 0 Å². The molecule has 0 unspecified atom stereocenters. The van der Waals surface area contributed by atoms with Crippen LogP contribution in [0.1, 0.15) is 40.0 Å². The fourth-order valence-corrected chi connectivity index (χ4v) is 1.19. The molecule has 0 bridgehead atoms. The average molecular weight is 124 g/mol. The van der Waals surface area contributed by atoms with Gasteiger partial charge in [0, 0.05) is 0 Å². The molecule has 0 nitrogen and oxygen atoms in total. The summed E-state index contributed by atoms with van der Waals surface area (Å²) in [5.41, 5.74) is 2.16. The van der Waals surface area contributed by atoms with Gasteiger partial charge in [-0.25, -0.2) is 0 Å². The molecule has 0 amide bonds. The van der Waals surface area contributed by atoms with Crippen molar-refractivity contribution in [2.24, 2.45) is 5.41 Å². The van der Waals surface area contributed by atoms with E-state index in [-0.39, 0.29) is 0 Å². The molecule has 52 valence electrons. The summed E-state index contributed by atoms with van der Waals surface area (Å²) in [6.45, 7) is 6.92. The van der Waals surface area contributed by atoms with Gasteiger partial charge in [-0.05, 0) is 31.6 Å². The summed E-state index contributed by atoms with van der Waals surface area (Å²) in [6, 6.07) is 0. The van der Waals surface area contributed by atoms with Crippen molar-refractivity contribution in [3.8, 4) is 0 Å². The van der Waals surface area contributed by atoms with Crippen molar-refractivity contribution < 1.29 is 0 Å². The standard InChI is InChI=1S/C9H16/c1-8-4-6-9(2,3)7-5-8/h4H,5-7H2,1-3H3. The van der Waals surface area contributed by atoms with E-state index in [1.165, 1.54) is 19.3 Å². The van der Waals surface area contributed by atoms with Crippen LogP contribution in [0.25, 0.3) is 0 Å². The predicted octanol–water partition coefficient (Wildman–Crippen LogP) is 3.14. The maximum Gasteiger partial charge on any atom is -0.0296 e. The Balaban J connectivity index is 2.56. The van der Waals surface area contributed by atoms with Crippen LogP contribution < -0.4 is 0 Å². The van der Waals surface area contributed by atoms with Gasteiger partial charge in [0.1, 0.15) is 0 Å². The van der Waals surface area contributed by atoms with E-state index in [1.54, 1.807) is 5.57 Å². The molecule has 1 rings (SSSR count). The zero-order valence-electron chi connectivity index (χ0n) is 6.70.